The molecule has 0 bridgehead atoms. The third-order valence-electron chi connectivity index (χ3n) is 7.96. The minimum Gasteiger partial charge on any atom is -0.356 e. The van der Waals surface area contributed by atoms with E-state index >= 15 is 0 Å². The Hall–Kier alpha value is -4.23. The first kappa shape index (κ1) is 23.2. The maximum absolute atomic E-state index is 14.4. The molecular formula is C27H28N8O2. The summed E-state index contributed by atoms with van der Waals surface area (Å²) in [5.74, 6) is 1.04. The van der Waals surface area contributed by atoms with Crippen LogP contribution >= 0.6 is 0 Å². The zero-order chi connectivity index (χ0) is 25.7. The molecule has 0 unspecified atom stereocenters. The second-order valence-electron chi connectivity index (χ2n) is 10.3. The van der Waals surface area contributed by atoms with Crippen LogP contribution < -0.4 is 10.6 Å². The summed E-state index contributed by atoms with van der Waals surface area (Å²) >= 11 is 0. The van der Waals surface area contributed by atoms with E-state index in [0.717, 1.165) is 24.5 Å². The normalized spacial score (nSPS) is 24.7. The van der Waals surface area contributed by atoms with Crippen LogP contribution in [0, 0.1) is 23.2 Å². The molecule has 4 heterocycles. The number of amides is 1. The summed E-state index contributed by atoms with van der Waals surface area (Å²) in [7, 11) is 3.83. The molecule has 3 aromatic rings. The van der Waals surface area contributed by atoms with Crippen molar-refractivity contribution in [1.82, 2.24) is 34.6 Å². The van der Waals surface area contributed by atoms with Crippen LogP contribution in [0.5, 0.6) is 0 Å². The molecule has 0 radical (unpaired) electrons. The molecule has 3 fully saturated rings. The number of fused-ring (bicyclic) bond motifs is 1. The Morgan fingerprint density at radius 2 is 1.68 bits per heavy atom. The van der Waals surface area contributed by atoms with E-state index in [9.17, 15) is 9.59 Å². The molecule has 1 aliphatic carbocycles. The van der Waals surface area contributed by atoms with Crippen molar-refractivity contribution in [2.24, 2.45) is 25.9 Å². The Balaban J connectivity index is 1.41. The number of rotatable bonds is 7. The summed E-state index contributed by atoms with van der Waals surface area (Å²) in [6.07, 6.45) is 9.38. The molecule has 1 amide bonds. The third-order valence-corrected chi connectivity index (χ3v) is 7.96. The van der Waals surface area contributed by atoms with E-state index in [1.54, 1.807) is 49.3 Å². The molecule has 37 heavy (non-hydrogen) atoms. The second kappa shape index (κ2) is 8.71. The largest absolute Gasteiger partial charge is 0.356 e. The van der Waals surface area contributed by atoms with Crippen molar-refractivity contribution in [2.75, 3.05) is 13.1 Å². The standard InChI is InChI=1S/C27H28N8O2/c1-33-15-30-11-19(33)8-27(9-20-12-31-16-34(20)2)26(37)35(25-21-13-29-14-22(21)25)24(32-27)7-23(36)18-5-3-17(10-28)4-6-18/h3-7,11-12,15-16,21-22,25,29,32H,8-9,13-14H2,1-2H3/t21-,22+,25+. The van der Waals surface area contributed by atoms with Gasteiger partial charge in [0.2, 0.25) is 0 Å². The number of carbonyl (C=O) groups excluding carboxylic acids is 2. The van der Waals surface area contributed by atoms with E-state index < -0.39 is 5.54 Å². The van der Waals surface area contributed by atoms with Crippen molar-refractivity contribution in [3.05, 3.63) is 83.7 Å². The van der Waals surface area contributed by atoms with Gasteiger partial charge in [-0.3, -0.25) is 14.5 Å². The lowest BCUT2D eigenvalue weighted by Crippen LogP contribution is -2.51. The molecule has 2 aromatic heterocycles. The molecule has 0 spiro atoms. The number of ketones is 1. The van der Waals surface area contributed by atoms with Crippen LogP contribution in [0.2, 0.25) is 0 Å². The minimum absolute atomic E-state index is 0.0341. The van der Waals surface area contributed by atoms with Crippen molar-refractivity contribution >= 4 is 11.7 Å². The number of hydrogen-bond donors (Lipinski definition) is 2. The van der Waals surface area contributed by atoms with Gasteiger partial charge in [0.25, 0.3) is 5.91 Å². The average Bonchev–Trinajstić information content (AvgIpc) is 3.38. The summed E-state index contributed by atoms with van der Waals surface area (Å²) in [5.41, 5.74) is 1.79. The van der Waals surface area contributed by atoms with Gasteiger partial charge in [-0.05, 0) is 36.1 Å². The molecular weight excluding hydrogens is 468 g/mol. The van der Waals surface area contributed by atoms with Crippen molar-refractivity contribution in [1.29, 1.82) is 5.26 Å². The zero-order valence-electron chi connectivity index (χ0n) is 20.8. The van der Waals surface area contributed by atoms with E-state index in [1.165, 1.54) is 6.08 Å². The molecule has 2 saturated heterocycles. The van der Waals surface area contributed by atoms with Crippen LogP contribution in [0.1, 0.15) is 27.3 Å². The summed E-state index contributed by atoms with van der Waals surface area (Å²) in [4.78, 5) is 38.1. The Kier molecular flexibility index (Phi) is 5.46. The maximum atomic E-state index is 14.4. The molecule has 10 heteroatoms. The molecule has 188 valence electrons. The molecule has 2 aliphatic heterocycles. The number of carbonyl (C=O) groups is 2. The van der Waals surface area contributed by atoms with E-state index in [2.05, 4.69) is 26.7 Å². The lowest BCUT2D eigenvalue weighted by Gasteiger charge is -2.28. The van der Waals surface area contributed by atoms with Crippen LogP contribution in [0.25, 0.3) is 0 Å². The molecule has 3 aliphatic rings. The molecule has 10 nitrogen and oxygen atoms in total. The monoisotopic (exact) mass is 496 g/mol. The van der Waals surface area contributed by atoms with Crippen molar-refractivity contribution in [2.45, 2.75) is 24.4 Å². The van der Waals surface area contributed by atoms with Gasteiger partial charge in [0, 0.05) is 81.5 Å². The third kappa shape index (κ3) is 3.92. The van der Waals surface area contributed by atoms with Crippen LogP contribution in [-0.2, 0) is 31.7 Å². The number of aromatic nitrogens is 4. The van der Waals surface area contributed by atoms with Crippen molar-refractivity contribution in [3.63, 3.8) is 0 Å². The molecule has 1 aromatic carbocycles. The van der Waals surface area contributed by atoms with Crippen LogP contribution in [0.15, 0.2) is 61.2 Å². The van der Waals surface area contributed by atoms with Gasteiger partial charge >= 0.3 is 0 Å². The highest BCUT2D eigenvalue weighted by Gasteiger charge is 2.63. The summed E-state index contributed by atoms with van der Waals surface area (Å²) in [5, 5.41) is 16.0. The number of aryl methyl sites for hydroxylation is 2. The van der Waals surface area contributed by atoms with Crippen LogP contribution in [-0.4, -0.2) is 60.4 Å². The SMILES string of the molecule is Cn1cncc1CC1(Cc2cncn2C)NC(=CC(=O)c2ccc(C#N)cc2)N([C@H]2[C@@H]3CNC[C@@H]32)C1=O. The first-order chi connectivity index (χ1) is 17.9. The number of nitriles is 1. The van der Waals surface area contributed by atoms with Crippen molar-refractivity contribution in [3.8, 4) is 6.07 Å². The van der Waals surface area contributed by atoms with E-state index in [1.807, 2.05) is 28.1 Å². The Labute approximate surface area is 214 Å². The molecule has 6 rings (SSSR count). The highest BCUT2D eigenvalue weighted by Crippen LogP contribution is 2.49. The topological polar surface area (TPSA) is 121 Å². The van der Waals surface area contributed by atoms with E-state index in [0.29, 0.717) is 41.6 Å². The lowest BCUT2D eigenvalue weighted by atomic mass is 9.88. The fourth-order valence-electron chi connectivity index (χ4n) is 5.82. The summed E-state index contributed by atoms with van der Waals surface area (Å²) in [6, 6.07) is 8.68. The maximum Gasteiger partial charge on any atom is 0.254 e. The molecule has 1 saturated carbocycles. The predicted molar refractivity (Wildman–Crippen MR) is 134 cm³/mol. The first-order valence-electron chi connectivity index (χ1n) is 12.4. The van der Waals surface area contributed by atoms with Gasteiger partial charge in [0.05, 0.1) is 24.3 Å². The number of nitrogens with zero attached hydrogens (tertiary/aromatic N) is 6. The highest BCUT2D eigenvalue weighted by molar-refractivity contribution is 6.06. The number of nitrogens with one attached hydrogen (secondary N) is 2. The highest BCUT2D eigenvalue weighted by atomic mass is 16.2. The molecule has 3 atom stereocenters. The van der Waals surface area contributed by atoms with Gasteiger partial charge in [-0.2, -0.15) is 5.26 Å². The van der Waals surface area contributed by atoms with Crippen LogP contribution in [0.4, 0.5) is 0 Å². The van der Waals surface area contributed by atoms with Gasteiger partial charge in [0.1, 0.15) is 11.4 Å². The smallest absolute Gasteiger partial charge is 0.254 e. The lowest BCUT2D eigenvalue weighted by molar-refractivity contribution is -0.132. The second-order valence-corrected chi connectivity index (χ2v) is 10.3. The van der Waals surface area contributed by atoms with E-state index in [-0.39, 0.29) is 17.7 Å². The first-order valence-corrected chi connectivity index (χ1v) is 12.4. The van der Waals surface area contributed by atoms with Gasteiger partial charge in [-0.25, -0.2) is 9.97 Å². The number of hydrogen-bond acceptors (Lipinski definition) is 7. The van der Waals surface area contributed by atoms with Gasteiger partial charge in [0.15, 0.2) is 5.78 Å². The average molecular weight is 497 g/mol. The number of benzene rings is 1. The zero-order valence-corrected chi connectivity index (χ0v) is 20.8. The van der Waals surface area contributed by atoms with Gasteiger partial charge < -0.3 is 19.8 Å². The summed E-state index contributed by atoms with van der Waals surface area (Å²) in [6.45, 7) is 1.73. The minimum atomic E-state index is -0.997. The Morgan fingerprint density at radius 3 is 2.19 bits per heavy atom. The number of piperidine rings is 1. The Bertz CT molecular complexity index is 1390. The molecule has 2 N–H and O–H groups in total. The summed E-state index contributed by atoms with van der Waals surface area (Å²) < 4.78 is 3.84. The van der Waals surface area contributed by atoms with Crippen LogP contribution in [0.3, 0.4) is 0 Å². The van der Waals surface area contributed by atoms with Gasteiger partial charge in [-0.15, -0.1) is 0 Å². The Morgan fingerprint density at radius 1 is 1.08 bits per heavy atom. The van der Waals surface area contributed by atoms with Crippen molar-refractivity contribution < 1.29 is 9.59 Å². The van der Waals surface area contributed by atoms with Gasteiger partial charge in [-0.1, -0.05) is 0 Å². The fourth-order valence-corrected chi connectivity index (χ4v) is 5.82. The van der Waals surface area contributed by atoms with E-state index in [4.69, 9.17) is 5.26 Å². The number of imidazole rings is 2. The quantitative estimate of drug-likeness (QED) is 0.369. The predicted octanol–water partition coefficient (Wildman–Crippen LogP) is 0.923. The fraction of sp³-hybridized carbons (Fsp3) is 0.370. The number of allylic oxidation sites excluding steroid dienone is 1.